The number of anilines is 1. The van der Waals surface area contributed by atoms with Gasteiger partial charge in [-0.1, -0.05) is 12.8 Å². The van der Waals surface area contributed by atoms with E-state index in [9.17, 15) is 4.39 Å². The van der Waals surface area contributed by atoms with Gasteiger partial charge in [-0.2, -0.15) is 0 Å². The Bertz CT molecular complexity index is 632. The number of halogens is 1. The third-order valence-electron chi connectivity index (χ3n) is 3.93. The van der Waals surface area contributed by atoms with E-state index in [0.717, 1.165) is 17.3 Å². The number of imidazole rings is 1. The van der Waals surface area contributed by atoms with Crippen molar-refractivity contribution in [2.45, 2.75) is 38.6 Å². The molecule has 112 valence electrons. The Morgan fingerprint density at radius 2 is 2.10 bits per heavy atom. The molecule has 3 rings (SSSR count). The Labute approximate surface area is 124 Å². The summed E-state index contributed by atoms with van der Waals surface area (Å²) in [6.45, 7) is 1.94. The monoisotopic (exact) mass is 289 g/mol. The van der Waals surface area contributed by atoms with Crippen molar-refractivity contribution in [2.24, 2.45) is 0 Å². The summed E-state index contributed by atoms with van der Waals surface area (Å²) in [5, 5.41) is 3.47. The van der Waals surface area contributed by atoms with E-state index in [1.165, 1.54) is 38.9 Å². The van der Waals surface area contributed by atoms with E-state index in [4.69, 9.17) is 4.74 Å². The van der Waals surface area contributed by atoms with E-state index >= 15 is 0 Å². The zero-order valence-corrected chi connectivity index (χ0v) is 12.4. The molecule has 0 unspecified atom stereocenters. The number of nitrogens with one attached hydrogen (secondary N) is 1. The molecule has 1 aromatic heterocycles. The van der Waals surface area contributed by atoms with Gasteiger partial charge in [0.2, 0.25) is 5.95 Å². The summed E-state index contributed by atoms with van der Waals surface area (Å²) in [6.07, 6.45) is 6.77. The molecule has 2 aromatic rings. The predicted octanol–water partition coefficient (Wildman–Crippen LogP) is 3.68. The summed E-state index contributed by atoms with van der Waals surface area (Å²) in [7, 11) is 1.46. The lowest BCUT2D eigenvalue weighted by Gasteiger charge is -2.15. The van der Waals surface area contributed by atoms with Crippen molar-refractivity contribution in [2.75, 3.05) is 12.4 Å². The molecule has 1 saturated carbocycles. The summed E-state index contributed by atoms with van der Waals surface area (Å²) >= 11 is 0. The first kappa shape index (κ1) is 13.9. The van der Waals surface area contributed by atoms with Gasteiger partial charge >= 0.3 is 0 Å². The fourth-order valence-corrected chi connectivity index (χ4v) is 2.85. The van der Waals surface area contributed by atoms with Crippen LogP contribution in [0.25, 0.3) is 5.69 Å². The average Bonchev–Trinajstić information content (AvgIpc) is 3.09. The Hall–Kier alpha value is -2.04. The fourth-order valence-electron chi connectivity index (χ4n) is 2.85. The molecule has 1 aliphatic carbocycles. The number of methoxy groups -OCH3 is 1. The lowest BCUT2D eigenvalue weighted by atomic mass is 10.2. The molecule has 0 atom stereocenters. The quantitative estimate of drug-likeness (QED) is 0.933. The van der Waals surface area contributed by atoms with Crippen LogP contribution >= 0.6 is 0 Å². The zero-order chi connectivity index (χ0) is 14.8. The smallest absolute Gasteiger partial charge is 0.207 e. The van der Waals surface area contributed by atoms with E-state index in [0.29, 0.717) is 6.04 Å². The highest BCUT2D eigenvalue weighted by atomic mass is 19.1. The van der Waals surface area contributed by atoms with Crippen LogP contribution in [0.1, 0.15) is 31.4 Å². The molecule has 0 aliphatic heterocycles. The van der Waals surface area contributed by atoms with Gasteiger partial charge in [0.1, 0.15) is 0 Å². The van der Waals surface area contributed by atoms with Crippen LogP contribution in [0.4, 0.5) is 10.3 Å². The van der Waals surface area contributed by atoms with E-state index in [1.54, 1.807) is 6.07 Å². The first-order chi connectivity index (χ1) is 10.2. The molecule has 0 amide bonds. The van der Waals surface area contributed by atoms with Gasteiger partial charge in [0.25, 0.3) is 0 Å². The second-order valence-electron chi connectivity index (χ2n) is 5.52. The Kier molecular flexibility index (Phi) is 3.82. The van der Waals surface area contributed by atoms with Gasteiger partial charge < -0.3 is 10.1 Å². The molecule has 5 heteroatoms. The van der Waals surface area contributed by atoms with Gasteiger partial charge in [-0.25, -0.2) is 9.37 Å². The summed E-state index contributed by atoms with van der Waals surface area (Å²) < 4.78 is 20.8. The SMILES string of the molecule is COc1ccc(-n2cc(C)nc2NC2CCCC2)cc1F. The maximum absolute atomic E-state index is 13.9. The Morgan fingerprint density at radius 3 is 2.76 bits per heavy atom. The van der Waals surface area contributed by atoms with E-state index < -0.39 is 0 Å². The van der Waals surface area contributed by atoms with Crippen LogP contribution in [0.3, 0.4) is 0 Å². The standard InChI is InChI=1S/C16H20FN3O/c1-11-10-20(13-7-8-15(21-2)14(17)9-13)16(18-11)19-12-5-3-4-6-12/h7-10,12H,3-6H2,1-2H3,(H,18,19). The summed E-state index contributed by atoms with van der Waals surface area (Å²) in [4.78, 5) is 4.52. The van der Waals surface area contributed by atoms with Crippen LogP contribution in [-0.4, -0.2) is 22.7 Å². The minimum atomic E-state index is -0.367. The molecule has 1 fully saturated rings. The molecular formula is C16H20FN3O. The lowest BCUT2D eigenvalue weighted by molar-refractivity contribution is 0.386. The lowest BCUT2D eigenvalue weighted by Crippen LogP contribution is -2.17. The summed E-state index contributed by atoms with van der Waals surface area (Å²) in [5.74, 6) is 0.665. The summed E-state index contributed by atoms with van der Waals surface area (Å²) in [5.41, 5.74) is 1.65. The van der Waals surface area contributed by atoms with E-state index in [-0.39, 0.29) is 11.6 Å². The molecule has 1 N–H and O–H groups in total. The van der Waals surface area contributed by atoms with Crippen molar-refractivity contribution in [3.8, 4) is 11.4 Å². The number of ether oxygens (including phenoxy) is 1. The average molecular weight is 289 g/mol. The third kappa shape index (κ3) is 2.86. The molecule has 4 nitrogen and oxygen atoms in total. The molecule has 0 spiro atoms. The Balaban J connectivity index is 1.92. The van der Waals surface area contributed by atoms with Crippen LogP contribution in [-0.2, 0) is 0 Å². The molecule has 21 heavy (non-hydrogen) atoms. The molecular weight excluding hydrogens is 269 g/mol. The number of hydrogen-bond donors (Lipinski definition) is 1. The topological polar surface area (TPSA) is 39.1 Å². The van der Waals surface area contributed by atoms with Crippen molar-refractivity contribution >= 4 is 5.95 Å². The maximum atomic E-state index is 13.9. The van der Waals surface area contributed by atoms with Crippen molar-refractivity contribution in [1.29, 1.82) is 0 Å². The molecule has 0 bridgehead atoms. The van der Waals surface area contributed by atoms with Gasteiger partial charge in [0.15, 0.2) is 11.6 Å². The molecule has 1 aromatic carbocycles. The number of aryl methyl sites for hydroxylation is 1. The first-order valence-corrected chi connectivity index (χ1v) is 7.34. The highest BCUT2D eigenvalue weighted by molar-refractivity contribution is 5.46. The number of nitrogens with zero attached hydrogens (tertiary/aromatic N) is 2. The van der Waals surface area contributed by atoms with Crippen LogP contribution < -0.4 is 10.1 Å². The van der Waals surface area contributed by atoms with Gasteiger partial charge in [0, 0.05) is 18.3 Å². The minimum absolute atomic E-state index is 0.251. The van der Waals surface area contributed by atoms with E-state index in [1.807, 2.05) is 23.8 Å². The predicted molar refractivity (Wildman–Crippen MR) is 80.7 cm³/mol. The first-order valence-electron chi connectivity index (χ1n) is 7.34. The van der Waals surface area contributed by atoms with Crippen molar-refractivity contribution < 1.29 is 9.13 Å². The van der Waals surface area contributed by atoms with Gasteiger partial charge in [-0.3, -0.25) is 4.57 Å². The molecule has 1 heterocycles. The highest BCUT2D eigenvalue weighted by Crippen LogP contribution is 2.26. The number of rotatable bonds is 4. The van der Waals surface area contributed by atoms with Crippen LogP contribution in [0.15, 0.2) is 24.4 Å². The normalized spacial score (nSPS) is 15.4. The largest absolute Gasteiger partial charge is 0.494 e. The van der Waals surface area contributed by atoms with E-state index in [2.05, 4.69) is 10.3 Å². The second-order valence-corrected chi connectivity index (χ2v) is 5.52. The Morgan fingerprint density at radius 1 is 1.33 bits per heavy atom. The minimum Gasteiger partial charge on any atom is -0.494 e. The molecule has 1 aliphatic rings. The number of aromatic nitrogens is 2. The van der Waals surface area contributed by atoms with Crippen LogP contribution in [0, 0.1) is 12.7 Å². The van der Waals surface area contributed by atoms with Crippen molar-refractivity contribution in [3.05, 3.63) is 35.9 Å². The third-order valence-corrected chi connectivity index (χ3v) is 3.93. The van der Waals surface area contributed by atoms with Crippen LogP contribution in [0.2, 0.25) is 0 Å². The molecule has 0 radical (unpaired) electrons. The van der Waals surface area contributed by atoms with Crippen molar-refractivity contribution in [3.63, 3.8) is 0 Å². The maximum Gasteiger partial charge on any atom is 0.207 e. The van der Waals surface area contributed by atoms with Crippen molar-refractivity contribution in [1.82, 2.24) is 9.55 Å². The number of benzene rings is 1. The van der Waals surface area contributed by atoms with Gasteiger partial charge in [-0.15, -0.1) is 0 Å². The second kappa shape index (κ2) is 5.76. The summed E-state index contributed by atoms with van der Waals surface area (Å²) in [6, 6.07) is 5.41. The molecule has 0 saturated heterocycles. The van der Waals surface area contributed by atoms with Crippen LogP contribution in [0.5, 0.6) is 5.75 Å². The van der Waals surface area contributed by atoms with Gasteiger partial charge in [0.05, 0.1) is 18.5 Å². The number of hydrogen-bond acceptors (Lipinski definition) is 3. The van der Waals surface area contributed by atoms with Gasteiger partial charge in [-0.05, 0) is 31.9 Å². The fraction of sp³-hybridized carbons (Fsp3) is 0.438. The highest BCUT2D eigenvalue weighted by Gasteiger charge is 2.18. The zero-order valence-electron chi connectivity index (χ0n) is 12.4.